The van der Waals surface area contributed by atoms with Gasteiger partial charge in [-0.3, -0.25) is 4.79 Å². The van der Waals surface area contributed by atoms with Gasteiger partial charge in [0.1, 0.15) is 17.3 Å². The van der Waals surface area contributed by atoms with Gasteiger partial charge >= 0.3 is 0 Å². The first-order chi connectivity index (χ1) is 9.11. The summed E-state index contributed by atoms with van der Waals surface area (Å²) in [6.45, 7) is 1.80. The van der Waals surface area contributed by atoms with Crippen LogP contribution >= 0.6 is 0 Å². The number of amides is 1. The lowest BCUT2D eigenvalue weighted by molar-refractivity contribution is 0.0935. The number of nitrogens with one attached hydrogen (secondary N) is 2. The van der Waals surface area contributed by atoms with Gasteiger partial charge in [0.25, 0.3) is 5.91 Å². The van der Waals surface area contributed by atoms with Crippen molar-refractivity contribution in [3.8, 4) is 11.5 Å². The number of hydrogen-bond donors (Lipinski definition) is 3. The molecule has 0 aliphatic rings. The second kappa shape index (κ2) is 5.43. The van der Waals surface area contributed by atoms with Gasteiger partial charge < -0.3 is 20.1 Å². The van der Waals surface area contributed by atoms with Crippen LogP contribution in [0.25, 0.3) is 0 Å². The molecule has 0 saturated heterocycles. The topological polar surface area (TPSA) is 87.2 Å². The first-order valence-corrected chi connectivity index (χ1v) is 5.79. The molecule has 6 heteroatoms. The zero-order valence-electron chi connectivity index (χ0n) is 10.7. The average molecular weight is 261 g/mol. The zero-order valence-corrected chi connectivity index (χ0v) is 10.7. The van der Waals surface area contributed by atoms with Crippen molar-refractivity contribution < 1.29 is 14.6 Å². The number of aromatic hydroxyl groups is 1. The Bertz CT molecular complexity index is 567. The Morgan fingerprint density at radius 2 is 2.32 bits per heavy atom. The van der Waals surface area contributed by atoms with Gasteiger partial charge in [0.2, 0.25) is 0 Å². The molecule has 0 spiro atoms. The maximum Gasteiger partial charge on any atom is 0.255 e. The Labute approximate surface area is 110 Å². The Kier molecular flexibility index (Phi) is 3.70. The summed E-state index contributed by atoms with van der Waals surface area (Å²) >= 11 is 0. The van der Waals surface area contributed by atoms with Crippen LogP contribution in [-0.2, 0) is 0 Å². The standard InChI is InChI=1S/C13H15N3O3/c1-8(12-14-5-6-15-12)16-13(18)10-4-3-9(19-2)7-11(10)17/h3-8,17H,1-2H3,(H,14,15)(H,16,18). The van der Waals surface area contributed by atoms with E-state index in [1.165, 1.54) is 19.2 Å². The molecule has 0 bridgehead atoms. The molecule has 0 aliphatic carbocycles. The molecule has 100 valence electrons. The Balaban J connectivity index is 2.12. The molecule has 0 aliphatic heterocycles. The molecular weight excluding hydrogens is 246 g/mol. The number of aromatic amines is 1. The fourth-order valence-electron chi connectivity index (χ4n) is 1.69. The summed E-state index contributed by atoms with van der Waals surface area (Å²) in [4.78, 5) is 19.0. The van der Waals surface area contributed by atoms with Gasteiger partial charge in [-0.15, -0.1) is 0 Å². The van der Waals surface area contributed by atoms with Crippen LogP contribution in [0.3, 0.4) is 0 Å². The third-order valence-corrected chi connectivity index (χ3v) is 2.73. The van der Waals surface area contributed by atoms with E-state index in [9.17, 15) is 9.90 Å². The number of carbonyl (C=O) groups excluding carboxylic acids is 1. The van der Waals surface area contributed by atoms with Crippen molar-refractivity contribution in [1.82, 2.24) is 15.3 Å². The van der Waals surface area contributed by atoms with Crippen LogP contribution in [0.1, 0.15) is 29.1 Å². The van der Waals surface area contributed by atoms with Crippen LogP contribution < -0.4 is 10.1 Å². The number of hydrogen-bond acceptors (Lipinski definition) is 4. The number of ether oxygens (including phenoxy) is 1. The number of carbonyl (C=O) groups is 1. The molecule has 0 saturated carbocycles. The molecule has 1 amide bonds. The Hall–Kier alpha value is -2.50. The summed E-state index contributed by atoms with van der Waals surface area (Å²) in [6, 6.07) is 4.25. The van der Waals surface area contributed by atoms with Crippen molar-refractivity contribution in [1.29, 1.82) is 0 Å². The number of nitrogens with zero attached hydrogens (tertiary/aromatic N) is 1. The summed E-state index contributed by atoms with van der Waals surface area (Å²) in [5, 5.41) is 12.5. The second-order valence-corrected chi connectivity index (χ2v) is 4.05. The highest BCUT2D eigenvalue weighted by Gasteiger charge is 2.16. The van der Waals surface area contributed by atoms with E-state index in [2.05, 4.69) is 15.3 Å². The van der Waals surface area contributed by atoms with Gasteiger partial charge in [0.15, 0.2) is 0 Å². The number of benzene rings is 1. The third-order valence-electron chi connectivity index (χ3n) is 2.73. The van der Waals surface area contributed by atoms with E-state index in [0.29, 0.717) is 11.6 Å². The summed E-state index contributed by atoms with van der Waals surface area (Å²) in [6.07, 6.45) is 3.30. The molecule has 0 fully saturated rings. The lowest BCUT2D eigenvalue weighted by Gasteiger charge is -2.12. The second-order valence-electron chi connectivity index (χ2n) is 4.05. The van der Waals surface area contributed by atoms with Gasteiger partial charge in [-0.1, -0.05) is 0 Å². The molecule has 1 unspecified atom stereocenters. The molecule has 3 N–H and O–H groups in total. The third kappa shape index (κ3) is 2.85. The van der Waals surface area contributed by atoms with Gasteiger partial charge in [-0.05, 0) is 19.1 Å². The minimum Gasteiger partial charge on any atom is -0.507 e. The fourth-order valence-corrected chi connectivity index (χ4v) is 1.69. The van der Waals surface area contributed by atoms with Gasteiger partial charge in [-0.25, -0.2) is 4.98 Å². The van der Waals surface area contributed by atoms with E-state index in [0.717, 1.165) is 0 Å². The first-order valence-electron chi connectivity index (χ1n) is 5.79. The maximum atomic E-state index is 12.0. The smallest absolute Gasteiger partial charge is 0.255 e. The highest BCUT2D eigenvalue weighted by Crippen LogP contribution is 2.23. The van der Waals surface area contributed by atoms with Crippen molar-refractivity contribution in [2.75, 3.05) is 7.11 Å². The summed E-state index contributed by atoms with van der Waals surface area (Å²) in [5.41, 5.74) is 0.194. The van der Waals surface area contributed by atoms with Crippen molar-refractivity contribution in [3.63, 3.8) is 0 Å². The number of rotatable bonds is 4. The molecule has 2 aromatic rings. The van der Waals surface area contributed by atoms with E-state index >= 15 is 0 Å². The van der Waals surface area contributed by atoms with Crippen molar-refractivity contribution in [2.24, 2.45) is 0 Å². The molecule has 19 heavy (non-hydrogen) atoms. The SMILES string of the molecule is COc1ccc(C(=O)NC(C)c2ncc[nH]2)c(O)c1. The van der Waals surface area contributed by atoms with Crippen molar-refractivity contribution in [3.05, 3.63) is 42.0 Å². The fraction of sp³-hybridized carbons (Fsp3) is 0.231. The van der Waals surface area contributed by atoms with E-state index in [4.69, 9.17) is 4.74 Å². The Morgan fingerprint density at radius 1 is 1.53 bits per heavy atom. The van der Waals surface area contributed by atoms with E-state index in [1.54, 1.807) is 25.4 Å². The quantitative estimate of drug-likeness (QED) is 0.780. The summed E-state index contributed by atoms with van der Waals surface area (Å²) in [7, 11) is 1.49. The highest BCUT2D eigenvalue weighted by molar-refractivity contribution is 5.97. The van der Waals surface area contributed by atoms with Gasteiger partial charge in [0.05, 0.1) is 18.7 Å². The molecule has 0 radical (unpaired) electrons. The van der Waals surface area contributed by atoms with E-state index in [1.807, 2.05) is 0 Å². The van der Waals surface area contributed by atoms with Crippen LogP contribution in [0, 0.1) is 0 Å². The lowest BCUT2D eigenvalue weighted by atomic mass is 10.1. The predicted octanol–water partition coefficient (Wildman–Crippen LogP) is 1.61. The van der Waals surface area contributed by atoms with Crippen molar-refractivity contribution >= 4 is 5.91 Å². The molecule has 2 rings (SSSR count). The maximum absolute atomic E-state index is 12.0. The molecular formula is C13H15N3O3. The molecule has 1 atom stereocenters. The van der Waals surface area contributed by atoms with Crippen LogP contribution in [0.15, 0.2) is 30.6 Å². The molecule has 6 nitrogen and oxygen atoms in total. The number of H-pyrrole nitrogens is 1. The predicted molar refractivity (Wildman–Crippen MR) is 69.1 cm³/mol. The summed E-state index contributed by atoms with van der Waals surface area (Å²) in [5.74, 6) is 0.655. The number of imidazole rings is 1. The number of phenolic OH excluding ortho intramolecular Hbond substituents is 1. The van der Waals surface area contributed by atoms with E-state index in [-0.39, 0.29) is 23.3 Å². The van der Waals surface area contributed by atoms with Crippen LogP contribution in [-0.4, -0.2) is 28.1 Å². The zero-order chi connectivity index (χ0) is 13.8. The van der Waals surface area contributed by atoms with Gasteiger partial charge in [0, 0.05) is 18.5 Å². The number of aromatic nitrogens is 2. The molecule has 1 heterocycles. The average Bonchev–Trinajstić information content (AvgIpc) is 2.92. The monoisotopic (exact) mass is 261 g/mol. The minimum absolute atomic E-state index is 0.122. The van der Waals surface area contributed by atoms with Crippen LogP contribution in [0.2, 0.25) is 0 Å². The normalized spacial score (nSPS) is 11.9. The van der Waals surface area contributed by atoms with Crippen molar-refractivity contribution in [2.45, 2.75) is 13.0 Å². The molecule has 1 aromatic heterocycles. The van der Waals surface area contributed by atoms with E-state index < -0.39 is 0 Å². The van der Waals surface area contributed by atoms with Crippen LogP contribution in [0.5, 0.6) is 11.5 Å². The minimum atomic E-state index is -0.371. The number of phenols is 1. The largest absolute Gasteiger partial charge is 0.507 e. The summed E-state index contributed by atoms with van der Waals surface area (Å²) < 4.78 is 4.96. The van der Waals surface area contributed by atoms with Gasteiger partial charge in [-0.2, -0.15) is 0 Å². The molecule has 1 aromatic carbocycles. The lowest BCUT2D eigenvalue weighted by Crippen LogP contribution is -2.27. The Morgan fingerprint density at radius 3 is 2.89 bits per heavy atom. The van der Waals surface area contributed by atoms with Crippen LogP contribution in [0.4, 0.5) is 0 Å². The first kappa shape index (κ1) is 12.9. The number of methoxy groups -OCH3 is 1. The highest BCUT2D eigenvalue weighted by atomic mass is 16.5.